The van der Waals surface area contributed by atoms with Crippen molar-refractivity contribution in [3.8, 4) is 0 Å². The van der Waals surface area contributed by atoms with E-state index in [9.17, 15) is 9.59 Å². The van der Waals surface area contributed by atoms with Crippen molar-refractivity contribution < 1.29 is 14.3 Å². The van der Waals surface area contributed by atoms with Crippen molar-refractivity contribution in [2.75, 3.05) is 6.61 Å². The largest absolute Gasteiger partial charge is 0.464 e. The van der Waals surface area contributed by atoms with Crippen molar-refractivity contribution in [2.24, 2.45) is 0 Å². The summed E-state index contributed by atoms with van der Waals surface area (Å²) in [5.74, 6) is -1.35. The van der Waals surface area contributed by atoms with Crippen LogP contribution >= 0.6 is 0 Å². The third kappa shape index (κ3) is 2.76. The van der Waals surface area contributed by atoms with Crippen LogP contribution in [0.2, 0.25) is 0 Å². The number of rotatable bonds is 3. The molecule has 5 nitrogen and oxygen atoms in total. The monoisotopic (exact) mass is 157 g/mol. The number of nitrogens with zero attached hydrogens (tertiary/aromatic N) is 2. The van der Waals surface area contributed by atoms with Gasteiger partial charge < -0.3 is 4.74 Å². The molecule has 0 rings (SSSR count). The lowest BCUT2D eigenvalue weighted by molar-refractivity contribution is -0.145. The van der Waals surface area contributed by atoms with Crippen LogP contribution in [0.4, 0.5) is 0 Å². The normalized spacial score (nSPS) is 11.4. The van der Waals surface area contributed by atoms with E-state index < -0.39 is 17.8 Å². The van der Waals surface area contributed by atoms with Crippen molar-refractivity contribution in [3.05, 3.63) is 4.98 Å². The Morgan fingerprint density at radius 2 is 2.18 bits per heavy atom. The molecule has 0 bridgehead atoms. The predicted molar refractivity (Wildman–Crippen MR) is 36.2 cm³/mol. The summed E-state index contributed by atoms with van der Waals surface area (Å²) in [6.45, 7) is 2.92. The third-order valence-corrected chi connectivity index (χ3v) is 1.01. The van der Waals surface area contributed by atoms with E-state index in [1.165, 1.54) is 0 Å². The van der Waals surface area contributed by atoms with Crippen LogP contribution in [0.25, 0.3) is 4.98 Å². The molecule has 11 heavy (non-hydrogen) atoms. The molecule has 60 valence electrons. The van der Waals surface area contributed by atoms with Gasteiger partial charge in [-0.15, -0.1) is 0 Å². The van der Waals surface area contributed by atoms with Crippen LogP contribution in [0.3, 0.4) is 0 Å². The van der Waals surface area contributed by atoms with E-state index in [0.717, 1.165) is 6.92 Å². The molecule has 0 amide bonds. The quantitative estimate of drug-likeness (QED) is 0.337. The Labute approximate surface area is 64.0 Å². The summed E-state index contributed by atoms with van der Waals surface area (Å²) in [6.07, 6.45) is 0. The summed E-state index contributed by atoms with van der Waals surface area (Å²) in [4.78, 5) is 23.8. The average Bonchev–Trinajstić information content (AvgIpc) is 1.88. The number of carbonyl (C=O) groups is 2. The molecule has 0 fully saturated rings. The van der Waals surface area contributed by atoms with Gasteiger partial charge in [0.05, 0.1) is 6.61 Å². The van der Waals surface area contributed by atoms with Crippen molar-refractivity contribution in [1.29, 1.82) is 5.39 Å². The van der Waals surface area contributed by atoms with Gasteiger partial charge in [0.25, 0.3) is 0 Å². The van der Waals surface area contributed by atoms with Gasteiger partial charge >= 0.3 is 12.0 Å². The lowest BCUT2D eigenvalue weighted by Gasteiger charge is -1.95. The highest BCUT2D eigenvalue weighted by Crippen LogP contribution is 1.95. The molecule has 0 aliphatic heterocycles. The molecule has 0 heterocycles. The summed E-state index contributed by atoms with van der Waals surface area (Å²) in [6, 6.07) is -1.38. The van der Waals surface area contributed by atoms with Crippen molar-refractivity contribution in [1.82, 2.24) is 0 Å². The average molecular weight is 157 g/mol. The fraction of sp³-hybridized carbons (Fsp3) is 0.667. The highest BCUT2D eigenvalue weighted by atomic mass is 16.5. The van der Waals surface area contributed by atoms with Crippen LogP contribution < -0.4 is 0 Å². The van der Waals surface area contributed by atoms with E-state index in [4.69, 9.17) is 5.39 Å². The Balaban J connectivity index is 4.18. The number of hydrogen-bond acceptors (Lipinski definition) is 4. The van der Waals surface area contributed by atoms with Crippen LogP contribution in [0, 0.1) is 5.39 Å². The van der Waals surface area contributed by atoms with Gasteiger partial charge in [-0.2, -0.15) is 0 Å². The first-order valence-corrected chi connectivity index (χ1v) is 3.14. The Kier molecular flexibility index (Phi) is 3.81. The Morgan fingerprint density at radius 1 is 1.64 bits per heavy atom. The molecule has 0 N–H and O–H groups in total. The van der Waals surface area contributed by atoms with Crippen LogP contribution in [-0.4, -0.2) is 24.4 Å². The van der Waals surface area contributed by atoms with E-state index in [0.29, 0.717) is 0 Å². The second kappa shape index (κ2) is 4.39. The number of hydrogen-bond donors (Lipinski definition) is 0. The maximum absolute atomic E-state index is 10.7. The molecule has 0 aliphatic carbocycles. The molecule has 5 heteroatoms. The zero-order valence-electron chi connectivity index (χ0n) is 6.40. The van der Waals surface area contributed by atoms with E-state index >= 15 is 0 Å². The molecule has 0 aromatic heterocycles. The van der Waals surface area contributed by atoms with Gasteiger partial charge in [-0.3, -0.25) is 4.79 Å². The van der Waals surface area contributed by atoms with E-state index in [1.54, 1.807) is 6.92 Å². The molecule has 0 aromatic rings. The lowest BCUT2D eigenvalue weighted by atomic mass is 10.2. The zero-order valence-corrected chi connectivity index (χ0v) is 6.40. The smallest absolute Gasteiger partial charge is 0.460 e. The Morgan fingerprint density at radius 3 is 2.45 bits per heavy atom. The maximum Gasteiger partial charge on any atom is 0.464 e. The molecular formula is C6H9N2O3+. The number of diazo groups is 1. The molecule has 0 saturated heterocycles. The third-order valence-electron chi connectivity index (χ3n) is 1.01. The van der Waals surface area contributed by atoms with Gasteiger partial charge in [-0.25, -0.2) is 4.79 Å². The van der Waals surface area contributed by atoms with Crippen LogP contribution in [0.1, 0.15) is 13.8 Å². The van der Waals surface area contributed by atoms with Crippen molar-refractivity contribution in [2.45, 2.75) is 19.9 Å². The van der Waals surface area contributed by atoms with Gasteiger partial charge in [0.1, 0.15) is 4.98 Å². The summed E-state index contributed by atoms with van der Waals surface area (Å²) in [5.41, 5.74) is 0. The minimum atomic E-state index is -1.38. The molecule has 0 aliphatic rings. The molecule has 0 spiro atoms. The molecule has 1 unspecified atom stereocenters. The highest BCUT2D eigenvalue weighted by Gasteiger charge is 2.37. The van der Waals surface area contributed by atoms with Crippen LogP contribution in [-0.2, 0) is 14.3 Å². The number of ether oxygens (including phenoxy) is 1. The molecular weight excluding hydrogens is 148 g/mol. The SMILES string of the molecule is CCOC(=O)C([N+]#N)C(C)=O. The molecule has 0 aromatic carbocycles. The number of ketones is 1. The second-order valence-electron chi connectivity index (χ2n) is 1.88. The fourth-order valence-electron chi connectivity index (χ4n) is 0.516. The van der Waals surface area contributed by atoms with E-state index in [2.05, 4.69) is 9.71 Å². The van der Waals surface area contributed by atoms with Gasteiger partial charge in [0, 0.05) is 6.92 Å². The minimum absolute atomic E-state index is 0.165. The van der Waals surface area contributed by atoms with Crippen molar-refractivity contribution >= 4 is 11.8 Å². The first-order valence-electron chi connectivity index (χ1n) is 3.14. The zero-order chi connectivity index (χ0) is 8.85. The summed E-state index contributed by atoms with van der Waals surface area (Å²) in [7, 11) is 0. The van der Waals surface area contributed by atoms with E-state index in [1.807, 2.05) is 0 Å². The Hall–Kier alpha value is -1.44. The topological polar surface area (TPSA) is 71.5 Å². The van der Waals surface area contributed by atoms with Crippen molar-refractivity contribution in [3.63, 3.8) is 0 Å². The van der Waals surface area contributed by atoms with E-state index in [-0.39, 0.29) is 6.61 Å². The fourth-order valence-corrected chi connectivity index (χ4v) is 0.516. The van der Waals surface area contributed by atoms with Gasteiger partial charge in [0.15, 0.2) is 0 Å². The first kappa shape index (κ1) is 9.56. The highest BCUT2D eigenvalue weighted by molar-refractivity contribution is 6.03. The second-order valence-corrected chi connectivity index (χ2v) is 1.88. The van der Waals surface area contributed by atoms with Gasteiger partial charge in [0.2, 0.25) is 11.2 Å². The number of Topliss-reactive ketones (excluding diaryl/α,β-unsaturated/α-hetero) is 1. The molecule has 0 radical (unpaired) electrons. The van der Waals surface area contributed by atoms with Gasteiger partial charge in [-0.1, -0.05) is 0 Å². The number of esters is 1. The summed E-state index contributed by atoms with van der Waals surface area (Å²) in [5, 5.41) is 8.20. The standard InChI is InChI=1S/C6H9N2O3/c1-3-11-6(10)5(8-7)4(2)9/h5H,3H2,1-2H3/q+1. The maximum atomic E-state index is 10.7. The van der Waals surface area contributed by atoms with Crippen LogP contribution in [0.5, 0.6) is 0 Å². The summed E-state index contributed by atoms with van der Waals surface area (Å²) >= 11 is 0. The number of carbonyl (C=O) groups excluding carboxylic acids is 2. The predicted octanol–water partition coefficient (Wildman–Crippen LogP) is 0.360. The van der Waals surface area contributed by atoms with Crippen LogP contribution in [0.15, 0.2) is 0 Å². The minimum Gasteiger partial charge on any atom is -0.460 e. The molecule has 1 atom stereocenters. The summed E-state index contributed by atoms with van der Waals surface area (Å²) < 4.78 is 4.44. The van der Waals surface area contributed by atoms with Gasteiger partial charge in [-0.05, 0) is 6.92 Å². The first-order chi connectivity index (χ1) is 5.13. The Bertz CT molecular complexity index is 206. The lowest BCUT2D eigenvalue weighted by Crippen LogP contribution is -2.26. The molecule has 0 saturated carbocycles.